The molecule has 1 N–H and O–H groups in total. The number of hydrogen-bond donors (Lipinski definition) is 1. The van der Waals surface area contributed by atoms with Crippen LogP contribution in [-0.4, -0.2) is 41.4 Å². The molecule has 1 aliphatic rings. The van der Waals surface area contributed by atoms with Crippen LogP contribution < -0.4 is 0 Å². The van der Waals surface area contributed by atoms with E-state index in [1.54, 1.807) is 13.8 Å². The normalized spacial score (nSPS) is 20.5. The third kappa shape index (κ3) is 5.25. The van der Waals surface area contributed by atoms with Gasteiger partial charge in [0.2, 0.25) is 0 Å². The minimum absolute atomic E-state index is 0.127. The van der Waals surface area contributed by atoms with Gasteiger partial charge in [0.25, 0.3) is 0 Å². The molecule has 0 heterocycles. The largest absolute Gasteiger partial charge is 0.401 e. The highest BCUT2D eigenvalue weighted by molar-refractivity contribution is 4.79. The molecule has 17 heavy (non-hydrogen) atoms. The first-order chi connectivity index (χ1) is 7.79. The van der Waals surface area contributed by atoms with E-state index >= 15 is 0 Å². The molecule has 0 bridgehead atoms. The average molecular weight is 253 g/mol. The zero-order valence-corrected chi connectivity index (χ0v) is 10.5. The maximum Gasteiger partial charge on any atom is 0.401 e. The van der Waals surface area contributed by atoms with Crippen LogP contribution in [0, 0.1) is 5.92 Å². The fourth-order valence-electron chi connectivity index (χ4n) is 2.42. The van der Waals surface area contributed by atoms with Gasteiger partial charge >= 0.3 is 6.18 Å². The second kappa shape index (κ2) is 6.05. The summed E-state index contributed by atoms with van der Waals surface area (Å²) in [6, 6.07) is -0.201. The van der Waals surface area contributed by atoms with Crippen LogP contribution in [0.2, 0.25) is 0 Å². The molecule has 1 unspecified atom stereocenters. The molecule has 102 valence electrons. The first-order valence-corrected chi connectivity index (χ1v) is 6.28. The number of alkyl halides is 3. The van der Waals surface area contributed by atoms with Gasteiger partial charge in [-0.3, -0.25) is 4.90 Å². The average Bonchev–Trinajstić information content (AvgIpc) is 2.66. The molecule has 1 rings (SSSR count). The van der Waals surface area contributed by atoms with Crippen molar-refractivity contribution in [3.05, 3.63) is 0 Å². The second-order valence-electron chi connectivity index (χ2n) is 5.25. The summed E-state index contributed by atoms with van der Waals surface area (Å²) < 4.78 is 37.1. The Bertz CT molecular complexity index is 224. The van der Waals surface area contributed by atoms with Gasteiger partial charge in [0, 0.05) is 12.6 Å². The van der Waals surface area contributed by atoms with Crippen molar-refractivity contribution in [2.24, 2.45) is 5.92 Å². The number of hydrogen-bond acceptors (Lipinski definition) is 2. The molecule has 0 aliphatic heterocycles. The monoisotopic (exact) mass is 253 g/mol. The lowest BCUT2D eigenvalue weighted by Gasteiger charge is -2.31. The van der Waals surface area contributed by atoms with Gasteiger partial charge in [0.05, 0.1) is 12.6 Å². The standard InChI is InChI=1S/C12H22F3NO/c1-9(2)16(8-12(13,14)15)7-11(17)10-5-3-4-6-10/h9-11,17H,3-8H2,1-2H3. The van der Waals surface area contributed by atoms with E-state index in [-0.39, 0.29) is 18.5 Å². The van der Waals surface area contributed by atoms with Gasteiger partial charge in [0.15, 0.2) is 0 Å². The van der Waals surface area contributed by atoms with Gasteiger partial charge in [-0.25, -0.2) is 0 Å². The number of nitrogens with zero attached hydrogens (tertiary/aromatic N) is 1. The van der Waals surface area contributed by atoms with E-state index in [0.29, 0.717) is 0 Å². The van der Waals surface area contributed by atoms with Crippen molar-refractivity contribution < 1.29 is 18.3 Å². The van der Waals surface area contributed by atoms with Gasteiger partial charge in [-0.15, -0.1) is 0 Å². The van der Waals surface area contributed by atoms with Gasteiger partial charge in [-0.1, -0.05) is 12.8 Å². The molecule has 0 aromatic heterocycles. The Kier molecular flexibility index (Phi) is 5.25. The molecule has 0 amide bonds. The molecule has 5 heteroatoms. The zero-order valence-electron chi connectivity index (χ0n) is 10.5. The van der Waals surface area contributed by atoms with Gasteiger partial charge in [-0.2, -0.15) is 13.2 Å². The maximum absolute atomic E-state index is 12.4. The summed E-state index contributed by atoms with van der Waals surface area (Å²) in [6.45, 7) is 2.65. The lowest BCUT2D eigenvalue weighted by Crippen LogP contribution is -2.44. The van der Waals surface area contributed by atoms with Crippen molar-refractivity contribution in [2.45, 2.75) is 57.9 Å². The summed E-state index contributed by atoms with van der Waals surface area (Å²) >= 11 is 0. The van der Waals surface area contributed by atoms with Crippen LogP contribution in [-0.2, 0) is 0 Å². The molecule has 1 atom stereocenters. The molecular formula is C12H22F3NO. The molecule has 1 aliphatic carbocycles. The van der Waals surface area contributed by atoms with Crippen molar-refractivity contribution in [2.75, 3.05) is 13.1 Å². The summed E-state index contributed by atoms with van der Waals surface area (Å²) in [6.07, 6.45) is -0.759. The summed E-state index contributed by atoms with van der Waals surface area (Å²) in [5.74, 6) is 0.185. The Hall–Kier alpha value is -0.290. The number of rotatable bonds is 5. The summed E-state index contributed by atoms with van der Waals surface area (Å²) in [5.41, 5.74) is 0. The first-order valence-electron chi connectivity index (χ1n) is 6.28. The molecule has 1 fully saturated rings. The van der Waals surface area contributed by atoms with Crippen molar-refractivity contribution in [1.82, 2.24) is 4.90 Å². The van der Waals surface area contributed by atoms with Crippen LogP contribution in [0.3, 0.4) is 0 Å². The van der Waals surface area contributed by atoms with Crippen molar-refractivity contribution in [3.8, 4) is 0 Å². The van der Waals surface area contributed by atoms with E-state index in [1.807, 2.05) is 0 Å². The summed E-state index contributed by atoms with van der Waals surface area (Å²) in [4.78, 5) is 1.31. The molecule has 1 saturated carbocycles. The highest BCUT2D eigenvalue weighted by Gasteiger charge is 2.34. The van der Waals surface area contributed by atoms with E-state index in [4.69, 9.17) is 0 Å². The fraction of sp³-hybridized carbons (Fsp3) is 1.00. The quantitative estimate of drug-likeness (QED) is 0.814. The van der Waals surface area contributed by atoms with Crippen LogP contribution in [0.15, 0.2) is 0 Å². The van der Waals surface area contributed by atoms with E-state index in [1.165, 1.54) is 4.90 Å². The smallest absolute Gasteiger partial charge is 0.392 e. The molecule has 0 aromatic rings. The van der Waals surface area contributed by atoms with Crippen LogP contribution >= 0.6 is 0 Å². The fourth-order valence-corrected chi connectivity index (χ4v) is 2.42. The molecule has 0 saturated heterocycles. The van der Waals surface area contributed by atoms with Crippen molar-refractivity contribution in [3.63, 3.8) is 0 Å². The molecule has 0 spiro atoms. The van der Waals surface area contributed by atoms with E-state index in [0.717, 1.165) is 25.7 Å². The predicted molar refractivity (Wildman–Crippen MR) is 60.7 cm³/mol. The van der Waals surface area contributed by atoms with E-state index in [9.17, 15) is 18.3 Å². The van der Waals surface area contributed by atoms with Gasteiger partial charge in [0.1, 0.15) is 0 Å². The Labute approximate surface area is 101 Å². The second-order valence-corrected chi connectivity index (χ2v) is 5.25. The third-order valence-corrected chi connectivity index (χ3v) is 3.48. The van der Waals surface area contributed by atoms with Crippen LogP contribution in [0.1, 0.15) is 39.5 Å². The Balaban J connectivity index is 2.48. The topological polar surface area (TPSA) is 23.5 Å². The number of halogens is 3. The Morgan fingerprint density at radius 2 is 1.76 bits per heavy atom. The zero-order chi connectivity index (χ0) is 13.1. The number of aliphatic hydroxyl groups excluding tert-OH is 1. The Morgan fingerprint density at radius 3 is 2.18 bits per heavy atom. The predicted octanol–water partition coefficient (Wildman–Crippen LogP) is 2.81. The van der Waals surface area contributed by atoms with E-state index < -0.39 is 18.8 Å². The van der Waals surface area contributed by atoms with Crippen LogP contribution in [0.5, 0.6) is 0 Å². The lowest BCUT2D eigenvalue weighted by atomic mass is 10.00. The third-order valence-electron chi connectivity index (χ3n) is 3.48. The highest BCUT2D eigenvalue weighted by atomic mass is 19.4. The lowest BCUT2D eigenvalue weighted by molar-refractivity contribution is -0.153. The van der Waals surface area contributed by atoms with Crippen molar-refractivity contribution in [1.29, 1.82) is 0 Å². The van der Waals surface area contributed by atoms with Crippen LogP contribution in [0.4, 0.5) is 13.2 Å². The van der Waals surface area contributed by atoms with E-state index in [2.05, 4.69) is 0 Å². The van der Waals surface area contributed by atoms with Crippen LogP contribution in [0.25, 0.3) is 0 Å². The number of aliphatic hydroxyl groups is 1. The maximum atomic E-state index is 12.4. The van der Waals surface area contributed by atoms with Gasteiger partial charge in [-0.05, 0) is 32.6 Å². The van der Waals surface area contributed by atoms with Gasteiger partial charge < -0.3 is 5.11 Å². The Morgan fingerprint density at radius 1 is 1.24 bits per heavy atom. The summed E-state index contributed by atoms with van der Waals surface area (Å²) in [7, 11) is 0. The minimum Gasteiger partial charge on any atom is -0.392 e. The first kappa shape index (κ1) is 14.8. The van der Waals surface area contributed by atoms with Crippen molar-refractivity contribution >= 4 is 0 Å². The molecule has 0 radical (unpaired) electrons. The molecule has 2 nitrogen and oxygen atoms in total. The minimum atomic E-state index is -4.19. The summed E-state index contributed by atoms with van der Waals surface area (Å²) in [5, 5.41) is 9.96. The molecule has 0 aromatic carbocycles. The highest BCUT2D eigenvalue weighted by Crippen LogP contribution is 2.29. The molecular weight excluding hydrogens is 231 g/mol. The SMILES string of the molecule is CC(C)N(CC(O)C1CCCC1)CC(F)(F)F.